The first-order valence-corrected chi connectivity index (χ1v) is 6.13. The van der Waals surface area contributed by atoms with Crippen molar-refractivity contribution in [3.05, 3.63) is 58.9 Å². The summed E-state index contributed by atoms with van der Waals surface area (Å²) < 4.78 is 24.6. The zero-order chi connectivity index (χ0) is 13.8. The third-order valence-corrected chi connectivity index (χ3v) is 2.98. The minimum Gasteiger partial charge on any atom is -0.496 e. The first-order valence-electron chi connectivity index (χ1n) is 6.13. The average Bonchev–Trinajstić information content (AvgIpc) is 2.40. The van der Waals surface area contributed by atoms with Crippen LogP contribution in [-0.2, 0) is 6.61 Å². The van der Waals surface area contributed by atoms with E-state index in [0.29, 0.717) is 5.56 Å². The van der Waals surface area contributed by atoms with E-state index >= 15 is 0 Å². The number of methoxy groups -OCH3 is 1. The molecule has 0 amide bonds. The molecule has 3 heteroatoms. The van der Waals surface area contributed by atoms with Gasteiger partial charge in [0.1, 0.15) is 12.4 Å². The van der Waals surface area contributed by atoms with Crippen molar-refractivity contribution in [2.24, 2.45) is 0 Å². The van der Waals surface area contributed by atoms with Gasteiger partial charge in [0.15, 0.2) is 11.6 Å². The fourth-order valence-corrected chi connectivity index (χ4v) is 1.91. The van der Waals surface area contributed by atoms with Gasteiger partial charge in [-0.25, -0.2) is 4.39 Å². The Hall–Kier alpha value is -2.03. The molecule has 2 nitrogen and oxygen atoms in total. The highest BCUT2D eigenvalue weighted by atomic mass is 19.1. The molecule has 0 unspecified atom stereocenters. The van der Waals surface area contributed by atoms with Crippen LogP contribution in [0.3, 0.4) is 0 Å². The fraction of sp³-hybridized carbons (Fsp3) is 0.250. The van der Waals surface area contributed by atoms with Gasteiger partial charge in [0, 0.05) is 5.56 Å². The Labute approximate surface area is 112 Å². The van der Waals surface area contributed by atoms with Gasteiger partial charge in [-0.1, -0.05) is 23.8 Å². The number of ether oxygens (including phenoxy) is 2. The maximum absolute atomic E-state index is 13.8. The molecule has 2 aromatic carbocycles. The molecule has 100 valence electrons. The van der Waals surface area contributed by atoms with Crippen molar-refractivity contribution >= 4 is 0 Å². The Bertz CT molecular complexity index is 579. The highest BCUT2D eigenvalue weighted by Crippen LogP contribution is 2.24. The average molecular weight is 260 g/mol. The van der Waals surface area contributed by atoms with Crippen LogP contribution in [0.4, 0.5) is 4.39 Å². The Morgan fingerprint density at radius 3 is 2.58 bits per heavy atom. The molecule has 0 atom stereocenters. The van der Waals surface area contributed by atoms with Crippen molar-refractivity contribution in [3.63, 3.8) is 0 Å². The molecule has 19 heavy (non-hydrogen) atoms. The zero-order valence-corrected chi connectivity index (χ0v) is 11.4. The van der Waals surface area contributed by atoms with Crippen molar-refractivity contribution in [2.45, 2.75) is 20.5 Å². The molecule has 0 aromatic heterocycles. The summed E-state index contributed by atoms with van der Waals surface area (Å²) in [5.41, 5.74) is 2.60. The maximum atomic E-state index is 13.8. The minimum atomic E-state index is -0.311. The van der Waals surface area contributed by atoms with Gasteiger partial charge < -0.3 is 9.47 Å². The zero-order valence-electron chi connectivity index (χ0n) is 11.4. The van der Waals surface area contributed by atoms with Gasteiger partial charge in [0.25, 0.3) is 0 Å². The quantitative estimate of drug-likeness (QED) is 0.826. The first kappa shape index (κ1) is 13.4. The number of benzene rings is 2. The highest BCUT2D eigenvalue weighted by Gasteiger charge is 2.08. The molecule has 0 spiro atoms. The SMILES string of the molecule is COc1ccc(C)cc1COc1cccc(C)c1F. The van der Waals surface area contributed by atoms with Gasteiger partial charge in [-0.05, 0) is 37.6 Å². The lowest BCUT2D eigenvalue weighted by Gasteiger charge is -2.12. The van der Waals surface area contributed by atoms with E-state index < -0.39 is 0 Å². The van der Waals surface area contributed by atoms with Crippen molar-refractivity contribution in [1.29, 1.82) is 0 Å². The topological polar surface area (TPSA) is 18.5 Å². The van der Waals surface area contributed by atoms with Crippen molar-refractivity contribution in [2.75, 3.05) is 7.11 Å². The van der Waals surface area contributed by atoms with Gasteiger partial charge in [0.2, 0.25) is 0 Å². The van der Waals surface area contributed by atoms with Crippen LogP contribution in [0.15, 0.2) is 36.4 Å². The van der Waals surface area contributed by atoms with Crippen LogP contribution in [-0.4, -0.2) is 7.11 Å². The second-order valence-electron chi connectivity index (χ2n) is 4.49. The lowest BCUT2D eigenvalue weighted by molar-refractivity contribution is 0.282. The second-order valence-corrected chi connectivity index (χ2v) is 4.49. The third-order valence-electron chi connectivity index (χ3n) is 2.98. The van der Waals surface area contributed by atoms with Crippen LogP contribution in [0.1, 0.15) is 16.7 Å². The first-order chi connectivity index (χ1) is 9.11. The summed E-state index contributed by atoms with van der Waals surface area (Å²) >= 11 is 0. The summed E-state index contributed by atoms with van der Waals surface area (Å²) in [4.78, 5) is 0. The van der Waals surface area contributed by atoms with Gasteiger partial charge in [-0.3, -0.25) is 0 Å². The van der Waals surface area contributed by atoms with E-state index in [2.05, 4.69) is 0 Å². The Balaban J connectivity index is 2.18. The maximum Gasteiger partial charge on any atom is 0.167 e. The normalized spacial score (nSPS) is 10.3. The molecule has 0 saturated heterocycles. The highest BCUT2D eigenvalue weighted by molar-refractivity contribution is 5.37. The number of aryl methyl sites for hydroxylation is 2. The largest absolute Gasteiger partial charge is 0.496 e. The summed E-state index contributed by atoms with van der Waals surface area (Å²) in [5.74, 6) is 0.705. The van der Waals surface area contributed by atoms with Gasteiger partial charge >= 0.3 is 0 Å². The molecule has 0 aliphatic carbocycles. The molecular weight excluding hydrogens is 243 g/mol. The van der Waals surface area contributed by atoms with E-state index in [-0.39, 0.29) is 18.2 Å². The summed E-state index contributed by atoms with van der Waals surface area (Å²) in [6.45, 7) is 4.00. The lowest BCUT2D eigenvalue weighted by Crippen LogP contribution is -2.01. The second kappa shape index (κ2) is 5.74. The predicted octanol–water partition coefficient (Wildman–Crippen LogP) is 4.03. The fourth-order valence-electron chi connectivity index (χ4n) is 1.91. The van der Waals surface area contributed by atoms with Crippen molar-refractivity contribution in [3.8, 4) is 11.5 Å². The van der Waals surface area contributed by atoms with Crippen LogP contribution in [0.5, 0.6) is 11.5 Å². The van der Waals surface area contributed by atoms with Crippen LogP contribution in [0, 0.1) is 19.7 Å². The van der Waals surface area contributed by atoms with Crippen LogP contribution in [0.25, 0.3) is 0 Å². The number of rotatable bonds is 4. The molecule has 0 saturated carbocycles. The summed E-state index contributed by atoms with van der Waals surface area (Å²) in [5, 5.41) is 0. The third kappa shape index (κ3) is 3.05. The van der Waals surface area contributed by atoms with Gasteiger partial charge in [-0.15, -0.1) is 0 Å². The lowest BCUT2D eigenvalue weighted by atomic mass is 10.1. The predicted molar refractivity (Wildman–Crippen MR) is 73.2 cm³/mol. The summed E-state index contributed by atoms with van der Waals surface area (Å²) in [7, 11) is 1.61. The van der Waals surface area contributed by atoms with E-state index in [1.165, 1.54) is 0 Å². The van der Waals surface area contributed by atoms with Gasteiger partial charge in [0.05, 0.1) is 7.11 Å². The van der Waals surface area contributed by atoms with Crippen LogP contribution < -0.4 is 9.47 Å². The molecule has 0 N–H and O–H groups in total. The van der Waals surface area contributed by atoms with Crippen molar-refractivity contribution in [1.82, 2.24) is 0 Å². The number of halogens is 1. The Kier molecular flexibility index (Phi) is 4.05. The molecule has 0 heterocycles. The molecule has 2 rings (SSSR count). The van der Waals surface area contributed by atoms with Gasteiger partial charge in [-0.2, -0.15) is 0 Å². The number of hydrogen-bond acceptors (Lipinski definition) is 2. The van der Waals surface area contributed by atoms with E-state index in [9.17, 15) is 4.39 Å². The molecule has 2 aromatic rings. The smallest absolute Gasteiger partial charge is 0.167 e. The Morgan fingerprint density at radius 2 is 1.84 bits per heavy atom. The molecular formula is C16H17FO2. The van der Waals surface area contributed by atoms with E-state index in [1.807, 2.05) is 25.1 Å². The molecule has 0 aliphatic rings. The molecule has 0 aliphatic heterocycles. The molecule has 0 bridgehead atoms. The van der Waals surface area contributed by atoms with E-state index in [1.54, 1.807) is 32.2 Å². The van der Waals surface area contributed by atoms with Crippen molar-refractivity contribution < 1.29 is 13.9 Å². The Morgan fingerprint density at radius 1 is 1.05 bits per heavy atom. The van der Waals surface area contributed by atoms with Crippen LogP contribution in [0.2, 0.25) is 0 Å². The molecule has 0 radical (unpaired) electrons. The van der Waals surface area contributed by atoms with Crippen LogP contribution >= 0.6 is 0 Å². The monoisotopic (exact) mass is 260 g/mol. The van der Waals surface area contributed by atoms with E-state index in [4.69, 9.17) is 9.47 Å². The standard InChI is InChI=1S/C16H17FO2/c1-11-7-8-14(18-3)13(9-11)10-19-15-6-4-5-12(2)16(15)17/h4-9H,10H2,1-3H3. The van der Waals surface area contributed by atoms with E-state index in [0.717, 1.165) is 16.9 Å². The number of hydrogen-bond donors (Lipinski definition) is 0. The minimum absolute atomic E-state index is 0.267. The summed E-state index contributed by atoms with van der Waals surface area (Å²) in [6, 6.07) is 11.0. The summed E-state index contributed by atoms with van der Waals surface area (Å²) in [6.07, 6.45) is 0. The molecule has 0 fully saturated rings.